The highest BCUT2D eigenvalue weighted by molar-refractivity contribution is 5.92. The zero-order valence-corrected chi connectivity index (χ0v) is 18.3. The molecule has 0 radical (unpaired) electrons. The third-order valence-corrected chi connectivity index (χ3v) is 5.36. The summed E-state index contributed by atoms with van der Waals surface area (Å²) < 4.78 is 10.3. The molecule has 9 heteroatoms. The third-order valence-electron chi connectivity index (χ3n) is 5.36. The van der Waals surface area contributed by atoms with E-state index in [0.29, 0.717) is 18.5 Å². The maximum absolute atomic E-state index is 13.3. The fourth-order valence-corrected chi connectivity index (χ4v) is 3.92. The smallest absolute Gasteiger partial charge is 0.411 e. The van der Waals surface area contributed by atoms with Crippen molar-refractivity contribution in [3.63, 3.8) is 0 Å². The minimum atomic E-state index is -1.00. The number of methoxy groups -OCH3 is 1. The van der Waals surface area contributed by atoms with E-state index < -0.39 is 35.7 Å². The molecule has 0 saturated carbocycles. The summed E-state index contributed by atoms with van der Waals surface area (Å²) in [6, 6.07) is 5.30. The number of nitrogens with one attached hydrogen (secondary N) is 2. The van der Waals surface area contributed by atoms with Gasteiger partial charge in [0.25, 0.3) is 0 Å². The van der Waals surface area contributed by atoms with E-state index in [0.717, 1.165) is 5.56 Å². The van der Waals surface area contributed by atoms with Crippen LogP contribution in [0.4, 0.5) is 4.79 Å². The third kappa shape index (κ3) is 5.15. The molecule has 1 aromatic rings. The average Bonchev–Trinajstić information content (AvgIpc) is 3.29. The SMILES string of the molecule is COC(=O)[C@H](C[C@@H]1CCNC1=O)NC(=O)C1c2ccccc2CN1C(=O)OC(C)(C)C. The number of nitrogens with zero attached hydrogens (tertiary/aromatic N) is 1. The molecule has 3 amide bonds. The summed E-state index contributed by atoms with van der Waals surface area (Å²) in [7, 11) is 1.23. The van der Waals surface area contributed by atoms with Crippen molar-refractivity contribution in [2.24, 2.45) is 5.92 Å². The minimum absolute atomic E-state index is 0.130. The second kappa shape index (κ2) is 8.95. The summed E-state index contributed by atoms with van der Waals surface area (Å²) >= 11 is 0. The van der Waals surface area contributed by atoms with Gasteiger partial charge in [-0.25, -0.2) is 9.59 Å². The van der Waals surface area contributed by atoms with E-state index >= 15 is 0 Å². The van der Waals surface area contributed by atoms with Gasteiger partial charge >= 0.3 is 12.1 Å². The van der Waals surface area contributed by atoms with Crippen molar-refractivity contribution in [2.45, 2.75) is 57.8 Å². The topological polar surface area (TPSA) is 114 Å². The standard InChI is InChI=1S/C22H29N3O6/c1-22(2,3)31-21(29)25-12-14-7-5-6-8-15(14)17(25)19(27)24-16(20(28)30-4)11-13-9-10-23-18(13)26/h5-8,13,16-17H,9-12H2,1-4H3,(H,23,26)(H,24,27)/t13-,16-,17?/m0/s1. The predicted molar refractivity (Wildman–Crippen MR) is 111 cm³/mol. The van der Waals surface area contributed by atoms with Crippen LogP contribution >= 0.6 is 0 Å². The number of fused-ring (bicyclic) bond motifs is 1. The summed E-state index contributed by atoms with van der Waals surface area (Å²) in [5.41, 5.74) is 0.781. The molecule has 0 aromatic heterocycles. The molecule has 31 heavy (non-hydrogen) atoms. The van der Waals surface area contributed by atoms with E-state index in [2.05, 4.69) is 10.6 Å². The Kier molecular flexibility index (Phi) is 6.52. The van der Waals surface area contributed by atoms with Gasteiger partial charge in [-0.05, 0) is 44.7 Å². The van der Waals surface area contributed by atoms with E-state index in [1.807, 2.05) is 12.1 Å². The summed E-state index contributed by atoms with van der Waals surface area (Å²) in [5, 5.41) is 5.43. The Labute approximate surface area is 181 Å². The number of amides is 3. The molecule has 3 rings (SSSR count). The Balaban J connectivity index is 1.83. The molecule has 0 spiro atoms. The first kappa shape index (κ1) is 22.6. The second-order valence-corrected chi connectivity index (χ2v) is 8.81. The molecule has 168 valence electrons. The average molecular weight is 431 g/mol. The van der Waals surface area contributed by atoms with Crippen LogP contribution in [0.2, 0.25) is 0 Å². The van der Waals surface area contributed by atoms with Crippen LogP contribution in [0.3, 0.4) is 0 Å². The van der Waals surface area contributed by atoms with Gasteiger partial charge < -0.3 is 20.1 Å². The van der Waals surface area contributed by atoms with Crippen LogP contribution in [0.5, 0.6) is 0 Å². The van der Waals surface area contributed by atoms with Gasteiger partial charge in [-0.2, -0.15) is 0 Å². The van der Waals surface area contributed by atoms with E-state index in [9.17, 15) is 19.2 Å². The van der Waals surface area contributed by atoms with Crippen molar-refractivity contribution < 1.29 is 28.7 Å². The molecule has 1 saturated heterocycles. The molecule has 2 aliphatic rings. The molecule has 0 bridgehead atoms. The lowest BCUT2D eigenvalue weighted by Gasteiger charge is -2.29. The normalized spacial score (nSPS) is 21.2. The van der Waals surface area contributed by atoms with E-state index in [1.165, 1.54) is 12.0 Å². The van der Waals surface area contributed by atoms with Gasteiger partial charge in [0.15, 0.2) is 0 Å². The van der Waals surface area contributed by atoms with Crippen LogP contribution in [0.15, 0.2) is 24.3 Å². The van der Waals surface area contributed by atoms with Crippen molar-refractivity contribution in [2.75, 3.05) is 13.7 Å². The lowest BCUT2D eigenvalue weighted by Crippen LogP contribution is -2.48. The largest absolute Gasteiger partial charge is 0.467 e. The highest BCUT2D eigenvalue weighted by atomic mass is 16.6. The number of rotatable bonds is 5. The summed E-state index contributed by atoms with van der Waals surface area (Å²) in [6.45, 7) is 6.01. The van der Waals surface area contributed by atoms with Crippen LogP contribution in [0, 0.1) is 5.92 Å². The quantitative estimate of drug-likeness (QED) is 0.686. The molecule has 0 aliphatic carbocycles. The highest BCUT2D eigenvalue weighted by Crippen LogP contribution is 2.35. The monoisotopic (exact) mass is 431 g/mol. The molecule has 1 aromatic carbocycles. The maximum atomic E-state index is 13.3. The van der Waals surface area contributed by atoms with Gasteiger partial charge in [-0.1, -0.05) is 24.3 Å². The van der Waals surface area contributed by atoms with Crippen LogP contribution in [0.1, 0.15) is 50.8 Å². The Morgan fingerprint density at radius 2 is 1.97 bits per heavy atom. The van der Waals surface area contributed by atoms with Crippen molar-refractivity contribution in [3.8, 4) is 0 Å². The van der Waals surface area contributed by atoms with E-state index in [-0.39, 0.29) is 24.8 Å². The molecule has 2 aliphatic heterocycles. The van der Waals surface area contributed by atoms with Crippen molar-refractivity contribution in [1.82, 2.24) is 15.5 Å². The van der Waals surface area contributed by atoms with Gasteiger partial charge in [0.2, 0.25) is 11.8 Å². The lowest BCUT2D eigenvalue weighted by molar-refractivity contribution is -0.146. The number of esters is 1. The van der Waals surface area contributed by atoms with E-state index in [1.54, 1.807) is 32.9 Å². The molecule has 1 fully saturated rings. The summed E-state index contributed by atoms with van der Waals surface area (Å²) in [4.78, 5) is 51.8. The Hall–Kier alpha value is -3.10. The fraction of sp³-hybridized carbons (Fsp3) is 0.545. The van der Waals surface area contributed by atoms with Crippen LogP contribution in [-0.2, 0) is 30.4 Å². The zero-order valence-electron chi connectivity index (χ0n) is 18.3. The Bertz CT molecular complexity index is 878. The van der Waals surface area contributed by atoms with Crippen molar-refractivity contribution in [1.29, 1.82) is 0 Å². The van der Waals surface area contributed by atoms with Crippen molar-refractivity contribution in [3.05, 3.63) is 35.4 Å². The predicted octanol–water partition coefficient (Wildman–Crippen LogP) is 1.66. The fourth-order valence-electron chi connectivity index (χ4n) is 3.92. The first-order valence-corrected chi connectivity index (χ1v) is 10.3. The van der Waals surface area contributed by atoms with Crippen LogP contribution in [0.25, 0.3) is 0 Å². The number of hydrogen-bond donors (Lipinski definition) is 2. The molecule has 9 nitrogen and oxygen atoms in total. The molecule has 1 unspecified atom stereocenters. The molecule has 2 heterocycles. The van der Waals surface area contributed by atoms with Gasteiger partial charge in [-0.15, -0.1) is 0 Å². The van der Waals surface area contributed by atoms with Gasteiger partial charge in [-0.3, -0.25) is 14.5 Å². The number of carbonyl (C=O) groups excluding carboxylic acids is 4. The van der Waals surface area contributed by atoms with Gasteiger partial charge in [0, 0.05) is 12.5 Å². The van der Waals surface area contributed by atoms with Crippen molar-refractivity contribution >= 4 is 23.9 Å². The Morgan fingerprint density at radius 3 is 2.58 bits per heavy atom. The van der Waals surface area contributed by atoms with Gasteiger partial charge in [0.1, 0.15) is 17.7 Å². The maximum Gasteiger partial charge on any atom is 0.411 e. The molecule has 3 atom stereocenters. The van der Waals surface area contributed by atoms with Gasteiger partial charge in [0.05, 0.1) is 13.7 Å². The first-order valence-electron chi connectivity index (χ1n) is 10.3. The van der Waals surface area contributed by atoms with Crippen LogP contribution < -0.4 is 10.6 Å². The number of carbonyl (C=O) groups is 4. The summed E-state index contributed by atoms with van der Waals surface area (Å²) in [6.07, 6.45) is 0.0948. The minimum Gasteiger partial charge on any atom is -0.467 e. The lowest BCUT2D eigenvalue weighted by atomic mass is 9.97. The zero-order chi connectivity index (χ0) is 22.8. The first-order chi connectivity index (χ1) is 14.6. The number of ether oxygens (including phenoxy) is 2. The summed E-state index contributed by atoms with van der Waals surface area (Å²) in [5.74, 6) is -1.69. The van der Waals surface area contributed by atoms with E-state index in [4.69, 9.17) is 9.47 Å². The molecular formula is C22H29N3O6. The molecule has 2 N–H and O–H groups in total. The highest BCUT2D eigenvalue weighted by Gasteiger charge is 2.42. The molecular weight excluding hydrogens is 402 g/mol. The number of hydrogen-bond acceptors (Lipinski definition) is 6. The number of benzene rings is 1. The Morgan fingerprint density at radius 1 is 1.26 bits per heavy atom. The van der Waals surface area contributed by atoms with Crippen LogP contribution in [-0.4, -0.2) is 54.1 Å². The second-order valence-electron chi connectivity index (χ2n) is 8.81.